The van der Waals surface area contributed by atoms with Crippen LogP contribution in [0.4, 0.5) is 5.82 Å². The molecular weight excluding hydrogens is 294 g/mol. The molecule has 0 aliphatic heterocycles. The van der Waals surface area contributed by atoms with Crippen molar-refractivity contribution in [3.8, 4) is 0 Å². The third kappa shape index (κ3) is 3.71. The van der Waals surface area contributed by atoms with Gasteiger partial charge in [0.25, 0.3) is 5.91 Å². The van der Waals surface area contributed by atoms with Crippen molar-refractivity contribution in [3.05, 3.63) is 45.2 Å². The van der Waals surface area contributed by atoms with Crippen molar-refractivity contribution in [3.63, 3.8) is 0 Å². The molecule has 2 heterocycles. The highest BCUT2D eigenvalue weighted by Gasteiger charge is 2.13. The van der Waals surface area contributed by atoms with E-state index in [9.17, 15) is 4.79 Å². The second kappa shape index (κ2) is 6.72. The zero-order chi connectivity index (χ0) is 14.5. The number of hydrogen-bond donors (Lipinski definition) is 1. The van der Waals surface area contributed by atoms with Gasteiger partial charge in [0.1, 0.15) is 5.82 Å². The van der Waals surface area contributed by atoms with Crippen molar-refractivity contribution in [2.24, 2.45) is 0 Å². The number of carbonyl (C=O) groups excluding carboxylic acids is 1. The van der Waals surface area contributed by atoms with E-state index in [2.05, 4.69) is 10.3 Å². The van der Waals surface area contributed by atoms with Gasteiger partial charge in [-0.05, 0) is 31.2 Å². The first-order valence-corrected chi connectivity index (χ1v) is 7.49. The Morgan fingerprint density at radius 1 is 1.45 bits per heavy atom. The lowest BCUT2D eigenvalue weighted by molar-refractivity contribution is 0.0786. The Morgan fingerprint density at radius 2 is 2.25 bits per heavy atom. The van der Waals surface area contributed by atoms with E-state index in [1.54, 1.807) is 30.3 Å². The first-order chi connectivity index (χ1) is 9.60. The second-order valence-corrected chi connectivity index (χ2v) is 6.13. The van der Waals surface area contributed by atoms with Crippen LogP contribution in [0.5, 0.6) is 0 Å². The molecule has 0 aliphatic carbocycles. The highest BCUT2D eigenvalue weighted by atomic mass is 35.5. The Bertz CT molecular complexity index is 600. The van der Waals surface area contributed by atoms with Crippen molar-refractivity contribution in [1.29, 1.82) is 0 Å². The van der Waals surface area contributed by atoms with E-state index < -0.39 is 0 Å². The lowest BCUT2D eigenvalue weighted by Gasteiger charge is -2.16. The molecule has 2 aromatic rings. The maximum Gasteiger partial charge on any atom is 0.254 e. The Morgan fingerprint density at radius 3 is 2.90 bits per heavy atom. The number of nitrogens with one attached hydrogen (secondary N) is 1. The van der Waals surface area contributed by atoms with Crippen molar-refractivity contribution in [1.82, 2.24) is 9.88 Å². The van der Waals surface area contributed by atoms with Gasteiger partial charge in [-0.25, -0.2) is 4.98 Å². The number of thiophene rings is 1. The van der Waals surface area contributed by atoms with E-state index in [-0.39, 0.29) is 5.91 Å². The number of amides is 1. The van der Waals surface area contributed by atoms with Gasteiger partial charge >= 0.3 is 0 Å². The second-order valence-electron chi connectivity index (χ2n) is 4.33. The number of aromatic nitrogens is 1. The summed E-state index contributed by atoms with van der Waals surface area (Å²) in [5.41, 5.74) is 0.626. The highest BCUT2D eigenvalue weighted by molar-refractivity contribution is 7.16. The number of pyridine rings is 1. The summed E-state index contributed by atoms with van der Waals surface area (Å²) in [5.74, 6) is 0.682. The predicted octanol–water partition coefficient (Wildman–Crippen LogP) is 3.50. The summed E-state index contributed by atoms with van der Waals surface area (Å²) in [6.45, 7) is 3.31. The van der Waals surface area contributed by atoms with Gasteiger partial charge in [0, 0.05) is 30.2 Å². The van der Waals surface area contributed by atoms with Crippen LogP contribution in [0.2, 0.25) is 4.34 Å². The van der Waals surface area contributed by atoms with Gasteiger partial charge in [-0.15, -0.1) is 11.3 Å². The molecule has 0 spiro atoms. The van der Waals surface area contributed by atoms with Gasteiger partial charge in [0.15, 0.2) is 0 Å². The molecule has 6 heteroatoms. The molecule has 2 aromatic heterocycles. The Hall–Kier alpha value is -1.59. The van der Waals surface area contributed by atoms with Crippen LogP contribution < -0.4 is 5.32 Å². The van der Waals surface area contributed by atoms with Crippen LogP contribution >= 0.6 is 22.9 Å². The fourth-order valence-corrected chi connectivity index (χ4v) is 2.95. The minimum atomic E-state index is -0.0314. The number of halogens is 1. The zero-order valence-electron chi connectivity index (χ0n) is 11.4. The van der Waals surface area contributed by atoms with Crippen LogP contribution in [0.3, 0.4) is 0 Å². The molecule has 20 heavy (non-hydrogen) atoms. The lowest BCUT2D eigenvalue weighted by Crippen LogP contribution is -2.25. The normalized spacial score (nSPS) is 10.3. The fraction of sp³-hybridized carbons (Fsp3) is 0.286. The van der Waals surface area contributed by atoms with Gasteiger partial charge in [0.2, 0.25) is 0 Å². The van der Waals surface area contributed by atoms with Crippen LogP contribution in [-0.2, 0) is 6.54 Å². The molecule has 1 amide bonds. The molecular formula is C14H16ClN3OS. The topological polar surface area (TPSA) is 45.2 Å². The zero-order valence-corrected chi connectivity index (χ0v) is 13.0. The van der Waals surface area contributed by atoms with Crippen LogP contribution in [-0.4, -0.2) is 29.4 Å². The molecule has 0 radical (unpaired) electrons. The average molecular weight is 310 g/mol. The van der Waals surface area contributed by atoms with Gasteiger partial charge < -0.3 is 10.2 Å². The monoisotopic (exact) mass is 309 g/mol. The molecule has 2 rings (SSSR count). The molecule has 0 bridgehead atoms. The van der Waals surface area contributed by atoms with E-state index in [0.29, 0.717) is 17.9 Å². The molecule has 1 N–H and O–H groups in total. The molecule has 0 unspecified atom stereocenters. The number of carbonyl (C=O) groups is 1. The van der Waals surface area contributed by atoms with E-state index >= 15 is 0 Å². The van der Waals surface area contributed by atoms with Gasteiger partial charge in [-0.2, -0.15) is 0 Å². The molecule has 0 saturated carbocycles. The van der Waals surface area contributed by atoms with Crippen molar-refractivity contribution >= 4 is 34.7 Å². The molecule has 0 fully saturated rings. The molecule has 0 aromatic carbocycles. The summed E-state index contributed by atoms with van der Waals surface area (Å²) >= 11 is 7.38. The lowest BCUT2D eigenvalue weighted by atomic mass is 10.2. The SMILES string of the molecule is CCNc1cc(C(=O)N(C)Cc2ccc(Cl)s2)ccn1. The maximum absolute atomic E-state index is 12.4. The summed E-state index contributed by atoms with van der Waals surface area (Å²) in [5, 5.41) is 3.10. The summed E-state index contributed by atoms with van der Waals surface area (Å²) in [6, 6.07) is 7.27. The summed E-state index contributed by atoms with van der Waals surface area (Å²) in [7, 11) is 1.78. The Balaban J connectivity index is 2.07. The average Bonchev–Trinajstić information content (AvgIpc) is 2.84. The standard InChI is InChI=1S/C14H16ClN3OS/c1-3-16-13-8-10(6-7-17-13)14(19)18(2)9-11-4-5-12(15)20-11/h4-8H,3,9H2,1-2H3,(H,16,17). The van der Waals surface area contributed by atoms with Crippen LogP contribution in [0.25, 0.3) is 0 Å². The smallest absolute Gasteiger partial charge is 0.254 e. The van der Waals surface area contributed by atoms with E-state index in [1.165, 1.54) is 11.3 Å². The minimum absolute atomic E-state index is 0.0314. The van der Waals surface area contributed by atoms with Gasteiger partial charge in [-0.1, -0.05) is 11.6 Å². The summed E-state index contributed by atoms with van der Waals surface area (Å²) < 4.78 is 0.735. The van der Waals surface area contributed by atoms with E-state index in [0.717, 1.165) is 15.8 Å². The van der Waals surface area contributed by atoms with Gasteiger partial charge in [-0.3, -0.25) is 4.79 Å². The number of hydrogen-bond acceptors (Lipinski definition) is 4. The number of anilines is 1. The molecule has 0 atom stereocenters. The third-order valence-electron chi connectivity index (χ3n) is 2.73. The first kappa shape index (κ1) is 14.8. The van der Waals surface area contributed by atoms with Gasteiger partial charge in [0.05, 0.1) is 10.9 Å². The maximum atomic E-state index is 12.4. The molecule has 0 aliphatic rings. The largest absolute Gasteiger partial charge is 0.370 e. The van der Waals surface area contributed by atoms with Crippen LogP contribution in [0.15, 0.2) is 30.5 Å². The summed E-state index contributed by atoms with van der Waals surface area (Å²) in [4.78, 5) is 19.3. The third-order valence-corrected chi connectivity index (χ3v) is 3.95. The predicted molar refractivity (Wildman–Crippen MR) is 83.5 cm³/mol. The number of rotatable bonds is 5. The summed E-state index contributed by atoms with van der Waals surface area (Å²) in [6.07, 6.45) is 1.64. The van der Waals surface area contributed by atoms with Crippen LogP contribution in [0.1, 0.15) is 22.2 Å². The highest BCUT2D eigenvalue weighted by Crippen LogP contribution is 2.23. The van der Waals surface area contributed by atoms with Crippen molar-refractivity contribution in [2.45, 2.75) is 13.5 Å². The van der Waals surface area contributed by atoms with Crippen molar-refractivity contribution in [2.75, 3.05) is 18.9 Å². The molecule has 0 saturated heterocycles. The molecule has 4 nitrogen and oxygen atoms in total. The fourth-order valence-electron chi connectivity index (χ4n) is 1.80. The van der Waals surface area contributed by atoms with E-state index in [1.807, 2.05) is 19.1 Å². The first-order valence-electron chi connectivity index (χ1n) is 6.29. The Labute approximate surface area is 127 Å². The van der Waals surface area contributed by atoms with E-state index in [4.69, 9.17) is 11.6 Å². The molecule has 106 valence electrons. The minimum Gasteiger partial charge on any atom is -0.370 e. The number of nitrogens with zero attached hydrogens (tertiary/aromatic N) is 2. The van der Waals surface area contributed by atoms with Crippen LogP contribution in [0, 0.1) is 0 Å². The Kier molecular flexibility index (Phi) is 4.98. The van der Waals surface area contributed by atoms with Crippen molar-refractivity contribution < 1.29 is 4.79 Å². The quantitative estimate of drug-likeness (QED) is 0.919.